The van der Waals surface area contributed by atoms with Gasteiger partial charge < -0.3 is 10.4 Å². The highest BCUT2D eigenvalue weighted by Gasteiger charge is 2.22. The molecule has 2 atom stereocenters. The fourth-order valence-electron chi connectivity index (χ4n) is 2.80. The Bertz CT molecular complexity index is 649. The molecule has 0 heterocycles. The van der Waals surface area contributed by atoms with Gasteiger partial charge in [-0.15, -0.1) is 0 Å². The summed E-state index contributed by atoms with van der Waals surface area (Å²) in [6.07, 6.45) is 7.78. The Morgan fingerprint density at radius 2 is 1.96 bits per heavy atom. The van der Waals surface area contributed by atoms with E-state index in [-0.39, 0.29) is 12.1 Å². The van der Waals surface area contributed by atoms with Crippen LogP contribution in [-0.4, -0.2) is 30.0 Å². The molecule has 0 aliphatic heterocycles. The molecule has 0 saturated heterocycles. The molecule has 1 fully saturated rings. The van der Waals surface area contributed by atoms with Crippen LogP contribution in [0.3, 0.4) is 0 Å². The van der Waals surface area contributed by atoms with Gasteiger partial charge >= 0.3 is 0 Å². The van der Waals surface area contributed by atoms with Gasteiger partial charge in [0.2, 0.25) is 0 Å². The van der Waals surface area contributed by atoms with E-state index in [0.29, 0.717) is 5.82 Å². The van der Waals surface area contributed by atoms with Crippen molar-refractivity contribution in [3.05, 3.63) is 54.4 Å². The maximum atomic E-state index is 9.79. The highest BCUT2D eigenvalue weighted by atomic mass is 16.3. The van der Waals surface area contributed by atoms with Crippen molar-refractivity contribution in [2.75, 3.05) is 7.05 Å². The average molecular weight is 357 g/mol. The zero-order valence-corrected chi connectivity index (χ0v) is 16.4. The highest BCUT2D eigenvalue weighted by Crippen LogP contribution is 2.19. The molecule has 5 nitrogen and oxygen atoms in total. The Hall–Kier alpha value is -2.27. The number of nitrogens with one attached hydrogen (secondary N) is 1. The van der Waals surface area contributed by atoms with Crippen molar-refractivity contribution in [1.29, 1.82) is 0 Å². The van der Waals surface area contributed by atoms with Gasteiger partial charge in [0.25, 0.3) is 0 Å². The van der Waals surface area contributed by atoms with Crippen LogP contribution in [0.15, 0.2) is 64.0 Å². The molecule has 2 N–H and O–H groups in total. The summed E-state index contributed by atoms with van der Waals surface area (Å²) in [4.78, 5) is 4.31. The number of rotatable bonds is 5. The molecule has 1 saturated carbocycles. The standard InChI is InChI=1S/C13H22N2O.C8H10N2/c1-4-7-10(2)14-11(3)15-12-8-5-6-9-13(12)16;1-7-5-3-4-6-8(7)10-9-2/h4,7,12-13,15-16H,3,5-6,8-9H2,1-2H3;3-6H,1-2H3/b7-4-,14-10-;/t12?,13-;/m1./s1. The average Bonchev–Trinajstić information content (AvgIpc) is 2.60. The summed E-state index contributed by atoms with van der Waals surface area (Å²) in [6, 6.07) is 8.02. The molecule has 1 aliphatic carbocycles. The first-order valence-corrected chi connectivity index (χ1v) is 9.15. The number of benzene rings is 1. The molecule has 142 valence electrons. The van der Waals surface area contributed by atoms with E-state index in [1.807, 2.05) is 57.2 Å². The Balaban J connectivity index is 0.000000289. The molecule has 0 radical (unpaired) electrons. The van der Waals surface area contributed by atoms with Crippen molar-refractivity contribution < 1.29 is 5.11 Å². The molecule has 0 amide bonds. The molecule has 2 rings (SSSR count). The number of aliphatic hydroxyl groups excluding tert-OH is 1. The van der Waals surface area contributed by atoms with Crippen LogP contribution >= 0.6 is 0 Å². The monoisotopic (exact) mass is 356 g/mol. The van der Waals surface area contributed by atoms with E-state index in [9.17, 15) is 5.11 Å². The van der Waals surface area contributed by atoms with Crippen molar-refractivity contribution in [3.63, 3.8) is 0 Å². The van der Waals surface area contributed by atoms with Crippen LogP contribution in [0.5, 0.6) is 0 Å². The number of aryl methyl sites for hydroxylation is 1. The predicted molar refractivity (Wildman–Crippen MR) is 110 cm³/mol. The summed E-state index contributed by atoms with van der Waals surface area (Å²) >= 11 is 0. The van der Waals surface area contributed by atoms with Crippen LogP contribution in [0.2, 0.25) is 0 Å². The maximum absolute atomic E-state index is 9.79. The topological polar surface area (TPSA) is 69.3 Å². The molecule has 1 aromatic rings. The number of azo groups is 1. The molecular weight excluding hydrogens is 324 g/mol. The quantitative estimate of drug-likeness (QED) is 0.569. The lowest BCUT2D eigenvalue weighted by Gasteiger charge is -2.28. The minimum atomic E-state index is -0.261. The first-order valence-electron chi connectivity index (χ1n) is 9.15. The number of nitrogens with zero attached hydrogens (tertiary/aromatic N) is 3. The Morgan fingerprint density at radius 1 is 1.27 bits per heavy atom. The SMILES string of the molecule is C=C(/N=C(C)\C=C/C)NC1CCCC[C@H]1O.CN=Nc1ccccc1C. The summed E-state index contributed by atoms with van der Waals surface area (Å²) < 4.78 is 0. The van der Waals surface area contributed by atoms with Crippen molar-refractivity contribution in [1.82, 2.24) is 5.32 Å². The molecule has 1 aliphatic rings. The second-order valence-corrected chi connectivity index (χ2v) is 6.39. The summed E-state index contributed by atoms with van der Waals surface area (Å²) in [5.74, 6) is 0.640. The van der Waals surface area contributed by atoms with Crippen LogP contribution in [0.1, 0.15) is 45.1 Å². The second-order valence-electron chi connectivity index (χ2n) is 6.39. The largest absolute Gasteiger partial charge is 0.391 e. The minimum absolute atomic E-state index is 0.114. The van der Waals surface area contributed by atoms with Crippen LogP contribution < -0.4 is 5.32 Å². The van der Waals surface area contributed by atoms with Gasteiger partial charge in [0, 0.05) is 12.8 Å². The third-order valence-corrected chi connectivity index (χ3v) is 4.12. The van der Waals surface area contributed by atoms with Gasteiger partial charge in [-0.1, -0.05) is 43.7 Å². The van der Waals surface area contributed by atoms with Crippen LogP contribution in [0, 0.1) is 6.92 Å². The predicted octanol–water partition coefficient (Wildman–Crippen LogP) is 5.10. The van der Waals surface area contributed by atoms with Crippen molar-refractivity contribution in [2.45, 2.75) is 58.6 Å². The number of allylic oxidation sites excluding steroid dienone is 2. The van der Waals surface area contributed by atoms with Crippen molar-refractivity contribution in [2.24, 2.45) is 15.2 Å². The number of aliphatic imine (C=N–C) groups is 1. The summed E-state index contributed by atoms with van der Waals surface area (Å²) in [5.41, 5.74) is 3.03. The third kappa shape index (κ3) is 8.21. The molecule has 1 unspecified atom stereocenters. The number of hydrogen-bond donors (Lipinski definition) is 2. The smallest absolute Gasteiger partial charge is 0.119 e. The van der Waals surface area contributed by atoms with Gasteiger partial charge in [0.05, 0.1) is 17.8 Å². The van der Waals surface area contributed by atoms with Crippen LogP contribution in [0.25, 0.3) is 0 Å². The molecule has 26 heavy (non-hydrogen) atoms. The van der Waals surface area contributed by atoms with E-state index in [1.165, 1.54) is 6.42 Å². The Labute approximate surface area is 157 Å². The third-order valence-electron chi connectivity index (χ3n) is 4.12. The first-order chi connectivity index (χ1) is 12.5. The van der Waals surface area contributed by atoms with Gasteiger partial charge in [-0.25, -0.2) is 4.99 Å². The molecule has 5 heteroatoms. The summed E-state index contributed by atoms with van der Waals surface area (Å²) in [5, 5.41) is 20.6. The fourth-order valence-corrected chi connectivity index (χ4v) is 2.80. The van der Waals surface area contributed by atoms with Crippen molar-refractivity contribution in [3.8, 4) is 0 Å². The number of aliphatic hydroxyl groups is 1. The summed E-state index contributed by atoms with van der Waals surface area (Å²) in [6.45, 7) is 9.77. The second kappa shape index (κ2) is 12.1. The fraction of sp³-hybridized carbons (Fsp3) is 0.476. The molecule has 0 spiro atoms. The molecular formula is C21H32N4O. The van der Waals surface area contributed by atoms with E-state index in [2.05, 4.69) is 27.1 Å². The Kier molecular flexibility index (Phi) is 10.2. The van der Waals surface area contributed by atoms with Crippen molar-refractivity contribution >= 4 is 11.4 Å². The lowest BCUT2D eigenvalue weighted by atomic mass is 9.93. The zero-order valence-electron chi connectivity index (χ0n) is 16.4. The molecule has 1 aromatic carbocycles. The Morgan fingerprint density at radius 3 is 2.58 bits per heavy atom. The normalized spacial score (nSPS) is 20.7. The van der Waals surface area contributed by atoms with E-state index < -0.39 is 0 Å². The van der Waals surface area contributed by atoms with Gasteiger partial charge in [-0.05, 0) is 51.3 Å². The van der Waals surface area contributed by atoms with E-state index in [0.717, 1.165) is 36.2 Å². The van der Waals surface area contributed by atoms with Gasteiger partial charge in [0.1, 0.15) is 5.82 Å². The van der Waals surface area contributed by atoms with E-state index >= 15 is 0 Å². The first kappa shape index (κ1) is 21.8. The molecule has 0 aromatic heterocycles. The summed E-state index contributed by atoms with van der Waals surface area (Å²) in [7, 11) is 1.67. The minimum Gasteiger partial charge on any atom is -0.391 e. The molecule has 0 bridgehead atoms. The maximum Gasteiger partial charge on any atom is 0.119 e. The number of hydrogen-bond acceptors (Lipinski definition) is 5. The highest BCUT2D eigenvalue weighted by molar-refractivity contribution is 5.93. The zero-order chi connectivity index (χ0) is 19.4. The van der Waals surface area contributed by atoms with E-state index in [1.54, 1.807) is 7.05 Å². The lowest BCUT2D eigenvalue weighted by molar-refractivity contribution is 0.0956. The van der Waals surface area contributed by atoms with E-state index in [4.69, 9.17) is 0 Å². The van der Waals surface area contributed by atoms with Crippen LogP contribution in [0.4, 0.5) is 5.69 Å². The van der Waals surface area contributed by atoms with Crippen LogP contribution in [-0.2, 0) is 0 Å². The van der Waals surface area contributed by atoms with Gasteiger partial charge in [-0.2, -0.15) is 10.2 Å². The van der Waals surface area contributed by atoms with Gasteiger partial charge in [0.15, 0.2) is 0 Å². The lowest BCUT2D eigenvalue weighted by Crippen LogP contribution is -2.41. The van der Waals surface area contributed by atoms with Gasteiger partial charge in [-0.3, -0.25) is 0 Å².